The summed E-state index contributed by atoms with van der Waals surface area (Å²) in [6.07, 6.45) is 2.41. The van der Waals surface area contributed by atoms with Gasteiger partial charge in [0.1, 0.15) is 0 Å². The zero-order valence-electron chi connectivity index (χ0n) is 12.2. The first-order chi connectivity index (χ1) is 8.20. The summed E-state index contributed by atoms with van der Waals surface area (Å²) in [7, 11) is 0. The molecule has 17 heavy (non-hydrogen) atoms. The van der Waals surface area contributed by atoms with Gasteiger partial charge in [-0.25, -0.2) is 0 Å². The Bertz CT molecular complexity index is 153. The summed E-state index contributed by atoms with van der Waals surface area (Å²) >= 11 is 0. The van der Waals surface area contributed by atoms with Crippen molar-refractivity contribution >= 4 is 0 Å². The Morgan fingerprint density at radius 2 is 1.53 bits per heavy atom. The standard InChI is InChI=1S/C14H32N2O/c1-5-7-15-8-9-16-10-14(4)12-17-11-13(3)6-2/h13-16H,5-12H2,1-4H3. The quantitative estimate of drug-likeness (QED) is 0.517. The van der Waals surface area contributed by atoms with Gasteiger partial charge in [-0.05, 0) is 31.3 Å². The van der Waals surface area contributed by atoms with Crippen LogP contribution in [0.1, 0.15) is 40.5 Å². The fraction of sp³-hybridized carbons (Fsp3) is 1.00. The Morgan fingerprint density at radius 3 is 2.18 bits per heavy atom. The minimum atomic E-state index is 0.602. The first-order valence-electron chi connectivity index (χ1n) is 7.19. The van der Waals surface area contributed by atoms with Crippen LogP contribution in [-0.4, -0.2) is 39.4 Å². The van der Waals surface area contributed by atoms with Crippen LogP contribution in [0.25, 0.3) is 0 Å². The maximum atomic E-state index is 5.69. The SMILES string of the molecule is CCCNCCNCC(C)COCC(C)CC. The Labute approximate surface area is 108 Å². The van der Waals surface area contributed by atoms with E-state index in [0.717, 1.165) is 39.4 Å². The number of rotatable bonds is 12. The number of hydrogen-bond donors (Lipinski definition) is 2. The maximum Gasteiger partial charge on any atom is 0.0503 e. The van der Waals surface area contributed by atoms with E-state index in [1.54, 1.807) is 0 Å². The van der Waals surface area contributed by atoms with E-state index in [2.05, 4.69) is 38.3 Å². The molecule has 0 heterocycles. The van der Waals surface area contributed by atoms with E-state index >= 15 is 0 Å². The molecule has 104 valence electrons. The molecule has 0 aromatic carbocycles. The molecule has 0 aromatic rings. The highest BCUT2D eigenvalue weighted by atomic mass is 16.5. The van der Waals surface area contributed by atoms with E-state index in [1.807, 2.05) is 0 Å². The van der Waals surface area contributed by atoms with Gasteiger partial charge in [0.25, 0.3) is 0 Å². The van der Waals surface area contributed by atoms with E-state index in [-0.39, 0.29) is 0 Å². The molecule has 3 heteroatoms. The highest BCUT2D eigenvalue weighted by molar-refractivity contribution is 4.58. The molecule has 2 unspecified atom stereocenters. The molecule has 2 atom stereocenters. The first-order valence-corrected chi connectivity index (χ1v) is 7.19. The average Bonchev–Trinajstić information content (AvgIpc) is 2.33. The molecule has 2 N–H and O–H groups in total. The third-order valence-corrected chi connectivity index (χ3v) is 2.90. The van der Waals surface area contributed by atoms with Crippen LogP contribution in [-0.2, 0) is 4.74 Å². The van der Waals surface area contributed by atoms with E-state index in [9.17, 15) is 0 Å². The smallest absolute Gasteiger partial charge is 0.0503 e. The Hall–Kier alpha value is -0.120. The van der Waals surface area contributed by atoms with Crippen molar-refractivity contribution in [3.63, 3.8) is 0 Å². The van der Waals surface area contributed by atoms with Crippen LogP contribution in [0.3, 0.4) is 0 Å². The average molecular weight is 244 g/mol. The van der Waals surface area contributed by atoms with Crippen molar-refractivity contribution < 1.29 is 4.74 Å². The van der Waals surface area contributed by atoms with Crippen molar-refractivity contribution in [1.29, 1.82) is 0 Å². The van der Waals surface area contributed by atoms with Crippen LogP contribution < -0.4 is 10.6 Å². The van der Waals surface area contributed by atoms with Gasteiger partial charge in [-0.3, -0.25) is 0 Å². The molecule has 3 nitrogen and oxygen atoms in total. The van der Waals surface area contributed by atoms with Crippen LogP contribution >= 0.6 is 0 Å². The highest BCUT2D eigenvalue weighted by Crippen LogP contribution is 2.02. The third-order valence-electron chi connectivity index (χ3n) is 2.90. The Morgan fingerprint density at radius 1 is 0.882 bits per heavy atom. The number of nitrogens with one attached hydrogen (secondary N) is 2. The molecule has 0 aliphatic rings. The van der Waals surface area contributed by atoms with Crippen LogP contribution in [0.15, 0.2) is 0 Å². The van der Waals surface area contributed by atoms with Gasteiger partial charge in [0, 0.05) is 19.7 Å². The van der Waals surface area contributed by atoms with E-state index in [0.29, 0.717) is 11.8 Å². The summed E-state index contributed by atoms with van der Waals surface area (Å²) in [6.45, 7) is 14.9. The lowest BCUT2D eigenvalue weighted by Gasteiger charge is -2.15. The molecule has 0 saturated carbocycles. The molecule has 0 amide bonds. The van der Waals surface area contributed by atoms with Gasteiger partial charge < -0.3 is 15.4 Å². The second kappa shape index (κ2) is 12.3. The van der Waals surface area contributed by atoms with Crippen molar-refractivity contribution in [2.75, 3.05) is 39.4 Å². The molecule has 0 saturated heterocycles. The lowest BCUT2D eigenvalue weighted by Crippen LogP contribution is -2.31. The van der Waals surface area contributed by atoms with Crippen molar-refractivity contribution in [3.8, 4) is 0 Å². The predicted octanol–water partition coefficient (Wildman–Crippen LogP) is 2.27. The molecule has 0 spiro atoms. The molecule has 0 bridgehead atoms. The molecule has 0 aliphatic carbocycles. The predicted molar refractivity (Wildman–Crippen MR) is 75.5 cm³/mol. The molecule has 0 aliphatic heterocycles. The third kappa shape index (κ3) is 12.1. The number of ether oxygens (including phenoxy) is 1. The van der Waals surface area contributed by atoms with Crippen LogP contribution in [0.5, 0.6) is 0 Å². The molecular formula is C14H32N2O. The minimum Gasteiger partial charge on any atom is -0.381 e. The van der Waals surface area contributed by atoms with Crippen LogP contribution in [0.2, 0.25) is 0 Å². The monoisotopic (exact) mass is 244 g/mol. The molecular weight excluding hydrogens is 212 g/mol. The van der Waals surface area contributed by atoms with Gasteiger partial charge in [0.05, 0.1) is 6.61 Å². The normalized spacial score (nSPS) is 14.8. The van der Waals surface area contributed by atoms with Crippen molar-refractivity contribution in [3.05, 3.63) is 0 Å². The lowest BCUT2D eigenvalue weighted by molar-refractivity contribution is 0.0788. The summed E-state index contributed by atoms with van der Waals surface area (Å²) in [5.74, 6) is 1.29. The van der Waals surface area contributed by atoms with Gasteiger partial charge in [-0.2, -0.15) is 0 Å². The summed E-state index contributed by atoms with van der Waals surface area (Å²) in [5.41, 5.74) is 0. The summed E-state index contributed by atoms with van der Waals surface area (Å²) in [6, 6.07) is 0. The van der Waals surface area contributed by atoms with E-state index in [4.69, 9.17) is 4.74 Å². The van der Waals surface area contributed by atoms with Gasteiger partial charge in [0.15, 0.2) is 0 Å². The first kappa shape index (κ1) is 16.9. The van der Waals surface area contributed by atoms with Crippen molar-refractivity contribution in [2.45, 2.75) is 40.5 Å². The topological polar surface area (TPSA) is 33.3 Å². The number of hydrogen-bond acceptors (Lipinski definition) is 3. The van der Waals surface area contributed by atoms with Gasteiger partial charge in [-0.1, -0.05) is 34.1 Å². The second-order valence-electron chi connectivity index (χ2n) is 5.11. The largest absolute Gasteiger partial charge is 0.381 e. The van der Waals surface area contributed by atoms with E-state index < -0.39 is 0 Å². The van der Waals surface area contributed by atoms with Crippen LogP contribution in [0.4, 0.5) is 0 Å². The molecule has 0 fully saturated rings. The van der Waals surface area contributed by atoms with Gasteiger partial charge in [-0.15, -0.1) is 0 Å². The Balaban J connectivity index is 3.20. The molecule has 0 rings (SSSR count). The van der Waals surface area contributed by atoms with E-state index in [1.165, 1.54) is 12.8 Å². The maximum absolute atomic E-state index is 5.69. The summed E-state index contributed by atoms with van der Waals surface area (Å²) in [5, 5.41) is 6.83. The molecule has 0 aromatic heterocycles. The fourth-order valence-corrected chi connectivity index (χ4v) is 1.47. The molecule has 0 radical (unpaired) electrons. The Kier molecular flexibility index (Phi) is 12.3. The van der Waals surface area contributed by atoms with Crippen molar-refractivity contribution in [2.24, 2.45) is 11.8 Å². The fourth-order valence-electron chi connectivity index (χ4n) is 1.47. The lowest BCUT2D eigenvalue weighted by atomic mass is 10.1. The van der Waals surface area contributed by atoms with Gasteiger partial charge >= 0.3 is 0 Å². The summed E-state index contributed by atoms with van der Waals surface area (Å²) < 4.78 is 5.69. The highest BCUT2D eigenvalue weighted by Gasteiger charge is 2.03. The second-order valence-corrected chi connectivity index (χ2v) is 5.11. The zero-order chi connectivity index (χ0) is 12.9. The van der Waals surface area contributed by atoms with Crippen molar-refractivity contribution in [1.82, 2.24) is 10.6 Å². The summed E-state index contributed by atoms with van der Waals surface area (Å²) in [4.78, 5) is 0. The van der Waals surface area contributed by atoms with Gasteiger partial charge in [0.2, 0.25) is 0 Å². The van der Waals surface area contributed by atoms with Crippen LogP contribution in [0, 0.1) is 11.8 Å². The minimum absolute atomic E-state index is 0.602. The zero-order valence-corrected chi connectivity index (χ0v) is 12.2.